The normalized spacial score (nSPS) is 20.3. The Balaban J connectivity index is 1.87. The van der Waals surface area contributed by atoms with E-state index in [-0.39, 0.29) is 24.4 Å². The summed E-state index contributed by atoms with van der Waals surface area (Å²) in [7, 11) is -3.46. The Bertz CT molecular complexity index is 629. The van der Waals surface area contributed by atoms with Crippen molar-refractivity contribution in [1.29, 1.82) is 0 Å². The number of amides is 1. The fourth-order valence-corrected chi connectivity index (χ4v) is 5.89. The lowest BCUT2D eigenvalue weighted by Gasteiger charge is -2.31. The quantitative estimate of drug-likeness (QED) is 0.659. The Morgan fingerprint density at radius 1 is 1.40 bits per heavy atom. The van der Waals surface area contributed by atoms with Crippen molar-refractivity contribution in [3.8, 4) is 0 Å². The lowest BCUT2D eigenvalue weighted by atomic mass is 9.98. The van der Waals surface area contributed by atoms with Crippen LogP contribution in [0.1, 0.15) is 58.8 Å². The topological polar surface area (TPSA) is 66.5 Å². The second-order valence-electron chi connectivity index (χ2n) is 6.89. The van der Waals surface area contributed by atoms with E-state index in [1.807, 2.05) is 6.92 Å². The Morgan fingerprint density at radius 3 is 2.88 bits per heavy atom. The lowest BCUT2D eigenvalue weighted by molar-refractivity contribution is -0.126. The molecule has 0 saturated carbocycles. The average Bonchev–Trinajstić information content (AvgIpc) is 3.14. The third-order valence-corrected chi connectivity index (χ3v) is 7.96. The van der Waals surface area contributed by atoms with Crippen molar-refractivity contribution in [1.82, 2.24) is 9.62 Å². The zero-order chi connectivity index (χ0) is 18.3. The summed E-state index contributed by atoms with van der Waals surface area (Å²) in [6.07, 6.45) is 7.23. The van der Waals surface area contributed by atoms with Gasteiger partial charge in [0.1, 0.15) is 4.21 Å². The monoisotopic (exact) mass is 386 g/mol. The van der Waals surface area contributed by atoms with E-state index < -0.39 is 10.0 Å². The number of hydrogen-bond acceptors (Lipinski definition) is 4. The van der Waals surface area contributed by atoms with E-state index in [9.17, 15) is 13.2 Å². The molecule has 1 aromatic heterocycles. The molecule has 2 rings (SSSR count). The number of carbonyl (C=O) groups excluding carboxylic acids is 1. The highest BCUT2D eigenvalue weighted by molar-refractivity contribution is 7.91. The first-order valence-electron chi connectivity index (χ1n) is 9.29. The third kappa shape index (κ3) is 5.79. The molecule has 1 amide bonds. The zero-order valence-corrected chi connectivity index (χ0v) is 16.9. The minimum Gasteiger partial charge on any atom is -0.353 e. The van der Waals surface area contributed by atoms with E-state index in [1.165, 1.54) is 34.9 Å². The van der Waals surface area contributed by atoms with Gasteiger partial charge < -0.3 is 5.32 Å². The number of rotatable bonds is 9. The van der Waals surface area contributed by atoms with E-state index >= 15 is 0 Å². The highest BCUT2D eigenvalue weighted by Crippen LogP contribution is 2.26. The van der Waals surface area contributed by atoms with Crippen molar-refractivity contribution in [3.63, 3.8) is 0 Å². The first-order chi connectivity index (χ1) is 11.9. The van der Waals surface area contributed by atoms with Gasteiger partial charge in [-0.25, -0.2) is 8.42 Å². The molecule has 0 bridgehead atoms. The summed E-state index contributed by atoms with van der Waals surface area (Å²) in [5.41, 5.74) is 0. The van der Waals surface area contributed by atoms with Crippen LogP contribution >= 0.6 is 11.3 Å². The lowest BCUT2D eigenvalue weighted by Crippen LogP contribution is -2.46. The van der Waals surface area contributed by atoms with Gasteiger partial charge in [-0.05, 0) is 37.6 Å². The van der Waals surface area contributed by atoms with Crippen LogP contribution in [0, 0.1) is 5.92 Å². The minimum atomic E-state index is -3.46. The van der Waals surface area contributed by atoms with Crippen LogP contribution in [-0.2, 0) is 14.8 Å². The number of hydrogen-bond donors (Lipinski definition) is 1. The van der Waals surface area contributed by atoms with Crippen molar-refractivity contribution < 1.29 is 13.2 Å². The maximum absolute atomic E-state index is 12.6. The molecule has 2 unspecified atom stereocenters. The molecule has 0 radical (unpaired) electrons. The molecule has 2 atom stereocenters. The molecule has 142 valence electrons. The van der Waals surface area contributed by atoms with Gasteiger partial charge in [0.15, 0.2) is 0 Å². The van der Waals surface area contributed by atoms with E-state index in [1.54, 1.807) is 17.5 Å². The largest absolute Gasteiger partial charge is 0.353 e. The maximum atomic E-state index is 12.6. The van der Waals surface area contributed by atoms with Gasteiger partial charge in [-0.15, -0.1) is 11.3 Å². The van der Waals surface area contributed by atoms with E-state index in [0.717, 1.165) is 25.7 Å². The number of piperidine rings is 1. The molecule has 5 nitrogen and oxygen atoms in total. The molecule has 0 spiro atoms. The van der Waals surface area contributed by atoms with Gasteiger partial charge in [0.2, 0.25) is 5.91 Å². The predicted octanol–water partition coefficient (Wildman–Crippen LogP) is 3.62. The van der Waals surface area contributed by atoms with Gasteiger partial charge in [-0.1, -0.05) is 38.7 Å². The van der Waals surface area contributed by atoms with Crippen molar-refractivity contribution in [3.05, 3.63) is 17.5 Å². The van der Waals surface area contributed by atoms with Crippen LogP contribution < -0.4 is 5.32 Å². The number of nitrogens with zero attached hydrogens (tertiary/aromatic N) is 1. The fourth-order valence-electron chi connectivity index (χ4n) is 3.22. The number of sulfonamides is 1. The molecule has 0 aromatic carbocycles. The summed E-state index contributed by atoms with van der Waals surface area (Å²) in [5, 5.41) is 4.84. The van der Waals surface area contributed by atoms with Crippen molar-refractivity contribution in [2.24, 2.45) is 5.92 Å². The average molecular weight is 387 g/mol. The number of thiophene rings is 1. The highest BCUT2D eigenvalue weighted by Gasteiger charge is 2.34. The van der Waals surface area contributed by atoms with Gasteiger partial charge >= 0.3 is 0 Å². The van der Waals surface area contributed by atoms with Gasteiger partial charge in [0, 0.05) is 19.1 Å². The molecule has 1 fully saturated rings. The smallest absolute Gasteiger partial charge is 0.252 e. The van der Waals surface area contributed by atoms with Gasteiger partial charge in [-0.3, -0.25) is 4.79 Å². The molecule has 1 N–H and O–H groups in total. The first-order valence-corrected chi connectivity index (χ1v) is 11.6. The van der Waals surface area contributed by atoms with Crippen molar-refractivity contribution >= 4 is 27.3 Å². The Hall–Kier alpha value is -0.920. The Kier molecular flexibility index (Phi) is 7.90. The first kappa shape index (κ1) is 20.4. The molecular weight excluding hydrogens is 356 g/mol. The van der Waals surface area contributed by atoms with E-state index in [4.69, 9.17) is 0 Å². The standard InChI is InChI=1S/C18H30N2O3S2/c1-3-4-5-6-9-15(2)19-18(21)16-10-7-12-20(14-16)25(22,23)17-11-8-13-24-17/h8,11,13,15-16H,3-7,9-10,12,14H2,1-2H3,(H,19,21). The minimum absolute atomic E-state index is 0.00549. The van der Waals surface area contributed by atoms with Crippen molar-refractivity contribution in [2.75, 3.05) is 13.1 Å². The van der Waals surface area contributed by atoms with Gasteiger partial charge in [0.05, 0.1) is 5.92 Å². The van der Waals surface area contributed by atoms with Crippen LogP contribution in [0.15, 0.2) is 21.7 Å². The van der Waals surface area contributed by atoms with Crippen LogP contribution in [0.3, 0.4) is 0 Å². The summed E-state index contributed by atoms with van der Waals surface area (Å²) in [6.45, 7) is 5.00. The second-order valence-corrected chi connectivity index (χ2v) is 10.0. The van der Waals surface area contributed by atoms with E-state index in [2.05, 4.69) is 12.2 Å². The van der Waals surface area contributed by atoms with Gasteiger partial charge in [0.25, 0.3) is 10.0 Å². The highest BCUT2D eigenvalue weighted by atomic mass is 32.2. The zero-order valence-electron chi connectivity index (χ0n) is 15.2. The van der Waals surface area contributed by atoms with Crippen LogP contribution in [0.5, 0.6) is 0 Å². The van der Waals surface area contributed by atoms with Crippen LogP contribution in [0.2, 0.25) is 0 Å². The summed E-state index contributed by atoms with van der Waals surface area (Å²) in [6, 6.07) is 3.52. The molecule has 7 heteroatoms. The SMILES string of the molecule is CCCCCCC(C)NC(=O)C1CCCN(S(=O)(=O)c2cccs2)C1. The molecule has 1 saturated heterocycles. The number of carbonyl (C=O) groups is 1. The van der Waals surface area contributed by atoms with Gasteiger partial charge in [-0.2, -0.15) is 4.31 Å². The summed E-state index contributed by atoms with van der Waals surface area (Å²) < 4.78 is 27.1. The molecule has 1 aliphatic heterocycles. The molecule has 1 aromatic rings. The third-order valence-electron chi connectivity index (χ3n) is 4.72. The summed E-state index contributed by atoms with van der Waals surface area (Å²) >= 11 is 1.23. The number of unbranched alkanes of at least 4 members (excludes halogenated alkanes) is 3. The van der Waals surface area contributed by atoms with E-state index in [0.29, 0.717) is 10.8 Å². The number of nitrogens with one attached hydrogen (secondary N) is 1. The molecule has 25 heavy (non-hydrogen) atoms. The fraction of sp³-hybridized carbons (Fsp3) is 0.722. The van der Waals surface area contributed by atoms with Crippen LogP contribution in [0.25, 0.3) is 0 Å². The Labute approximate surface area is 155 Å². The second kappa shape index (κ2) is 9.69. The molecule has 1 aliphatic rings. The van der Waals surface area contributed by atoms with Crippen LogP contribution in [0.4, 0.5) is 0 Å². The molecular formula is C18H30N2O3S2. The predicted molar refractivity (Wildman–Crippen MR) is 102 cm³/mol. The summed E-state index contributed by atoms with van der Waals surface area (Å²) in [4.78, 5) is 12.5. The molecule has 2 heterocycles. The Morgan fingerprint density at radius 2 is 2.20 bits per heavy atom. The summed E-state index contributed by atoms with van der Waals surface area (Å²) in [5.74, 6) is -0.254. The van der Waals surface area contributed by atoms with Crippen LogP contribution in [-0.4, -0.2) is 37.8 Å². The molecule has 0 aliphatic carbocycles. The maximum Gasteiger partial charge on any atom is 0.252 e. The van der Waals surface area contributed by atoms with Crippen molar-refractivity contribution in [2.45, 2.75) is 69.0 Å².